The summed E-state index contributed by atoms with van der Waals surface area (Å²) in [5.74, 6) is 0.934. The first kappa shape index (κ1) is 19.2. The van der Waals surface area contributed by atoms with Crippen LogP contribution in [0.25, 0.3) is 0 Å². The maximum Gasteiger partial charge on any atom is 0.225 e. The second kappa shape index (κ2) is 8.08. The second-order valence-corrected chi connectivity index (χ2v) is 7.88. The van der Waals surface area contributed by atoms with Crippen molar-refractivity contribution in [1.29, 1.82) is 0 Å². The third kappa shape index (κ3) is 4.32. The van der Waals surface area contributed by atoms with Crippen molar-refractivity contribution in [3.63, 3.8) is 0 Å². The molecule has 1 aliphatic rings. The molecule has 1 aromatic heterocycles. The van der Waals surface area contributed by atoms with Crippen LogP contribution in [-0.4, -0.2) is 17.0 Å². The molecule has 148 valence electrons. The van der Waals surface area contributed by atoms with E-state index in [1.165, 1.54) is 16.7 Å². The first-order valence-corrected chi connectivity index (χ1v) is 10.0. The lowest BCUT2D eigenvalue weighted by atomic mass is 9.96. The summed E-state index contributed by atoms with van der Waals surface area (Å²) in [4.78, 5) is 17.0. The third-order valence-electron chi connectivity index (χ3n) is 5.53. The molecule has 3 aromatic rings. The normalized spacial score (nSPS) is 16.0. The molecule has 0 fully saturated rings. The molecule has 2 atom stereocenters. The van der Waals surface area contributed by atoms with Crippen molar-refractivity contribution in [3.05, 3.63) is 94.3 Å². The number of nitrogens with one attached hydrogen (secondary N) is 1. The van der Waals surface area contributed by atoms with Gasteiger partial charge in [0.2, 0.25) is 5.91 Å². The second-order valence-electron chi connectivity index (χ2n) is 7.88. The van der Waals surface area contributed by atoms with Crippen molar-refractivity contribution in [2.45, 2.75) is 45.8 Å². The maximum absolute atomic E-state index is 12.9. The number of carbonyl (C=O) groups is 1. The SMILES string of the molecule is Cc1ccc([C@@H](NC(=O)Cc2ccc3c(c2)C[C@H](C)O3)c2ccncc2)cc1C. The first-order valence-electron chi connectivity index (χ1n) is 10.0. The van der Waals surface area contributed by atoms with Crippen molar-refractivity contribution >= 4 is 5.91 Å². The van der Waals surface area contributed by atoms with Gasteiger partial charge in [-0.3, -0.25) is 9.78 Å². The lowest BCUT2D eigenvalue weighted by Crippen LogP contribution is -2.30. The summed E-state index contributed by atoms with van der Waals surface area (Å²) in [6.45, 7) is 6.25. The molecule has 0 radical (unpaired) electrons. The fourth-order valence-corrected chi connectivity index (χ4v) is 3.84. The Balaban J connectivity index is 1.55. The number of ether oxygens (including phenoxy) is 1. The predicted octanol–water partition coefficient (Wildman–Crippen LogP) is 4.47. The van der Waals surface area contributed by atoms with Gasteiger partial charge in [-0.25, -0.2) is 0 Å². The lowest BCUT2D eigenvalue weighted by molar-refractivity contribution is -0.120. The van der Waals surface area contributed by atoms with Gasteiger partial charge in [0.1, 0.15) is 11.9 Å². The maximum atomic E-state index is 12.9. The van der Waals surface area contributed by atoms with Gasteiger partial charge in [-0.15, -0.1) is 0 Å². The van der Waals surface area contributed by atoms with Crippen molar-refractivity contribution < 1.29 is 9.53 Å². The Hall–Kier alpha value is -3.14. The molecule has 2 heterocycles. The number of benzene rings is 2. The minimum Gasteiger partial charge on any atom is -0.490 e. The predicted molar refractivity (Wildman–Crippen MR) is 114 cm³/mol. The Morgan fingerprint density at radius 1 is 1.07 bits per heavy atom. The molecule has 0 unspecified atom stereocenters. The Kier molecular flexibility index (Phi) is 5.34. The van der Waals surface area contributed by atoms with Crippen LogP contribution in [0.3, 0.4) is 0 Å². The Labute approximate surface area is 172 Å². The highest BCUT2D eigenvalue weighted by Gasteiger charge is 2.21. The molecule has 0 spiro atoms. The fourth-order valence-electron chi connectivity index (χ4n) is 3.84. The van der Waals surface area contributed by atoms with Gasteiger partial charge in [0.15, 0.2) is 0 Å². The number of fused-ring (bicyclic) bond motifs is 1. The molecule has 1 N–H and O–H groups in total. The van der Waals surface area contributed by atoms with Crippen LogP contribution in [-0.2, 0) is 17.6 Å². The molecular formula is C25H26N2O2. The number of rotatable bonds is 5. The summed E-state index contributed by atoms with van der Waals surface area (Å²) in [6.07, 6.45) is 4.96. The molecule has 1 amide bonds. The van der Waals surface area contributed by atoms with E-state index in [0.29, 0.717) is 6.42 Å². The zero-order chi connectivity index (χ0) is 20.4. The number of aromatic nitrogens is 1. The molecule has 0 bridgehead atoms. The highest BCUT2D eigenvalue weighted by Crippen LogP contribution is 2.30. The molecule has 29 heavy (non-hydrogen) atoms. The summed E-state index contributed by atoms with van der Waals surface area (Å²) in [5.41, 5.74) is 6.73. The summed E-state index contributed by atoms with van der Waals surface area (Å²) in [7, 11) is 0. The Morgan fingerprint density at radius 2 is 1.86 bits per heavy atom. The van der Waals surface area contributed by atoms with Crippen LogP contribution in [0, 0.1) is 13.8 Å². The summed E-state index contributed by atoms with van der Waals surface area (Å²) < 4.78 is 5.76. The lowest BCUT2D eigenvalue weighted by Gasteiger charge is -2.21. The molecule has 2 aromatic carbocycles. The average molecular weight is 386 g/mol. The molecule has 0 aliphatic carbocycles. The summed E-state index contributed by atoms with van der Waals surface area (Å²) in [5, 5.41) is 3.22. The average Bonchev–Trinajstić information content (AvgIpc) is 3.08. The number of pyridine rings is 1. The van der Waals surface area contributed by atoms with Crippen molar-refractivity contribution in [1.82, 2.24) is 10.3 Å². The van der Waals surface area contributed by atoms with E-state index in [4.69, 9.17) is 4.74 Å². The van der Waals surface area contributed by atoms with Crippen LogP contribution in [0.1, 0.15) is 46.3 Å². The van der Waals surface area contributed by atoms with Crippen LogP contribution in [0.5, 0.6) is 5.75 Å². The zero-order valence-corrected chi connectivity index (χ0v) is 17.1. The van der Waals surface area contributed by atoms with E-state index in [9.17, 15) is 4.79 Å². The third-order valence-corrected chi connectivity index (χ3v) is 5.53. The van der Waals surface area contributed by atoms with Crippen LogP contribution in [0.15, 0.2) is 60.9 Å². The van der Waals surface area contributed by atoms with Gasteiger partial charge in [-0.05, 0) is 72.4 Å². The quantitative estimate of drug-likeness (QED) is 0.704. The fraction of sp³-hybridized carbons (Fsp3) is 0.280. The van der Waals surface area contributed by atoms with Gasteiger partial charge in [0.25, 0.3) is 0 Å². The van der Waals surface area contributed by atoms with Gasteiger partial charge in [-0.2, -0.15) is 0 Å². The number of amides is 1. The Bertz CT molecular complexity index is 1030. The monoisotopic (exact) mass is 386 g/mol. The molecule has 0 saturated heterocycles. The first-order chi connectivity index (χ1) is 14.0. The summed E-state index contributed by atoms with van der Waals surface area (Å²) in [6, 6.07) is 16.1. The molecule has 4 rings (SSSR count). The standard InChI is InChI=1S/C25H26N2O2/c1-16-4-6-21(12-17(16)2)25(20-8-10-26-11-9-20)27-24(28)15-19-5-7-23-22(14-19)13-18(3)29-23/h4-12,14,18,25H,13,15H2,1-3H3,(H,27,28)/t18-,25-/m0/s1. The van der Waals surface area contributed by atoms with E-state index in [1.807, 2.05) is 24.3 Å². The number of hydrogen-bond donors (Lipinski definition) is 1. The van der Waals surface area contributed by atoms with E-state index in [2.05, 4.69) is 55.3 Å². The highest BCUT2D eigenvalue weighted by atomic mass is 16.5. The molecule has 1 aliphatic heterocycles. The van der Waals surface area contributed by atoms with Gasteiger partial charge < -0.3 is 10.1 Å². The number of carbonyl (C=O) groups excluding carboxylic acids is 1. The van der Waals surface area contributed by atoms with E-state index < -0.39 is 0 Å². The number of aryl methyl sites for hydroxylation is 2. The number of hydrogen-bond acceptors (Lipinski definition) is 3. The van der Waals surface area contributed by atoms with Crippen LogP contribution in [0.4, 0.5) is 0 Å². The van der Waals surface area contributed by atoms with Crippen molar-refractivity contribution in [2.24, 2.45) is 0 Å². The largest absolute Gasteiger partial charge is 0.490 e. The van der Waals surface area contributed by atoms with Gasteiger partial charge >= 0.3 is 0 Å². The van der Waals surface area contributed by atoms with Crippen molar-refractivity contribution in [2.75, 3.05) is 0 Å². The smallest absolute Gasteiger partial charge is 0.225 e. The van der Waals surface area contributed by atoms with Gasteiger partial charge in [0.05, 0.1) is 12.5 Å². The van der Waals surface area contributed by atoms with E-state index in [0.717, 1.165) is 28.9 Å². The Morgan fingerprint density at radius 3 is 2.62 bits per heavy atom. The molecule has 0 saturated carbocycles. The topological polar surface area (TPSA) is 51.2 Å². The summed E-state index contributed by atoms with van der Waals surface area (Å²) >= 11 is 0. The van der Waals surface area contributed by atoms with Crippen LogP contribution >= 0.6 is 0 Å². The zero-order valence-electron chi connectivity index (χ0n) is 17.1. The van der Waals surface area contributed by atoms with E-state index in [-0.39, 0.29) is 18.1 Å². The van der Waals surface area contributed by atoms with Crippen LogP contribution in [0.2, 0.25) is 0 Å². The minimum absolute atomic E-state index is 0.00282. The molecular weight excluding hydrogens is 360 g/mol. The highest BCUT2D eigenvalue weighted by molar-refractivity contribution is 5.79. The van der Waals surface area contributed by atoms with E-state index in [1.54, 1.807) is 12.4 Å². The molecule has 4 heteroatoms. The van der Waals surface area contributed by atoms with Crippen LogP contribution < -0.4 is 10.1 Å². The molecule has 4 nitrogen and oxygen atoms in total. The number of nitrogens with zero attached hydrogens (tertiary/aromatic N) is 1. The minimum atomic E-state index is -0.206. The van der Waals surface area contributed by atoms with Gasteiger partial charge in [-0.1, -0.05) is 30.3 Å². The van der Waals surface area contributed by atoms with E-state index >= 15 is 0 Å². The van der Waals surface area contributed by atoms with Crippen molar-refractivity contribution in [3.8, 4) is 5.75 Å². The van der Waals surface area contributed by atoms with Gasteiger partial charge in [0, 0.05) is 18.8 Å².